The van der Waals surface area contributed by atoms with Crippen LogP contribution in [0.5, 0.6) is 0 Å². The lowest BCUT2D eigenvalue weighted by Crippen LogP contribution is -1.98. The van der Waals surface area contributed by atoms with Crippen molar-refractivity contribution in [3.63, 3.8) is 0 Å². The summed E-state index contributed by atoms with van der Waals surface area (Å²) in [6.45, 7) is 0.323. The first-order valence-corrected chi connectivity index (χ1v) is 5.73. The van der Waals surface area contributed by atoms with E-state index < -0.39 is 0 Å². The van der Waals surface area contributed by atoms with E-state index in [9.17, 15) is 0 Å². The van der Waals surface area contributed by atoms with Crippen LogP contribution in [0.25, 0.3) is 0 Å². The van der Waals surface area contributed by atoms with Gasteiger partial charge in [-0.3, -0.25) is 0 Å². The largest absolute Gasteiger partial charge is 0.396 e. The van der Waals surface area contributed by atoms with E-state index in [2.05, 4.69) is 24.3 Å². The maximum absolute atomic E-state index is 8.77. The summed E-state index contributed by atoms with van der Waals surface area (Å²) in [5.74, 6) is 1.87. The van der Waals surface area contributed by atoms with Crippen LogP contribution < -0.4 is 0 Å². The SMILES string of the molecule is OCCCC1CSc2ccccc21. The molecular formula is C11H14OS. The third-order valence-corrected chi connectivity index (χ3v) is 3.76. The van der Waals surface area contributed by atoms with Gasteiger partial charge in [0.1, 0.15) is 0 Å². The predicted molar refractivity (Wildman–Crippen MR) is 56.2 cm³/mol. The molecule has 1 N–H and O–H groups in total. The molecule has 0 aromatic heterocycles. The van der Waals surface area contributed by atoms with Crippen molar-refractivity contribution in [2.75, 3.05) is 12.4 Å². The summed E-state index contributed by atoms with van der Waals surface area (Å²) < 4.78 is 0. The van der Waals surface area contributed by atoms with Gasteiger partial charge in [-0.05, 0) is 30.4 Å². The zero-order valence-corrected chi connectivity index (χ0v) is 8.39. The van der Waals surface area contributed by atoms with Crippen LogP contribution >= 0.6 is 11.8 Å². The molecule has 13 heavy (non-hydrogen) atoms. The summed E-state index contributed by atoms with van der Waals surface area (Å²) in [6, 6.07) is 8.62. The summed E-state index contributed by atoms with van der Waals surface area (Å²) in [5.41, 5.74) is 1.49. The molecule has 1 heterocycles. The number of hydrogen-bond donors (Lipinski definition) is 1. The molecule has 1 atom stereocenters. The number of benzene rings is 1. The number of thioether (sulfide) groups is 1. The summed E-state index contributed by atoms with van der Waals surface area (Å²) >= 11 is 1.94. The number of aliphatic hydroxyl groups excluding tert-OH is 1. The van der Waals surface area contributed by atoms with Gasteiger partial charge in [0.05, 0.1) is 0 Å². The minimum absolute atomic E-state index is 0.323. The fourth-order valence-corrected chi connectivity index (χ4v) is 3.11. The average Bonchev–Trinajstić information content (AvgIpc) is 2.58. The van der Waals surface area contributed by atoms with Gasteiger partial charge in [0.15, 0.2) is 0 Å². The second-order valence-electron chi connectivity index (χ2n) is 3.41. The van der Waals surface area contributed by atoms with Crippen molar-refractivity contribution < 1.29 is 5.11 Å². The quantitative estimate of drug-likeness (QED) is 0.798. The zero-order chi connectivity index (χ0) is 9.10. The van der Waals surface area contributed by atoms with Crippen molar-refractivity contribution in [3.8, 4) is 0 Å². The maximum Gasteiger partial charge on any atom is 0.0431 e. The average molecular weight is 194 g/mol. The van der Waals surface area contributed by atoms with Crippen LogP contribution in [0.3, 0.4) is 0 Å². The smallest absolute Gasteiger partial charge is 0.0431 e. The molecule has 0 aliphatic carbocycles. The van der Waals surface area contributed by atoms with Crippen molar-refractivity contribution in [2.24, 2.45) is 0 Å². The molecule has 1 nitrogen and oxygen atoms in total. The van der Waals surface area contributed by atoms with Crippen molar-refractivity contribution in [2.45, 2.75) is 23.7 Å². The van der Waals surface area contributed by atoms with Gasteiger partial charge in [-0.1, -0.05) is 18.2 Å². The van der Waals surface area contributed by atoms with E-state index in [0.29, 0.717) is 12.5 Å². The van der Waals surface area contributed by atoms with Gasteiger partial charge in [0.25, 0.3) is 0 Å². The second-order valence-corrected chi connectivity index (χ2v) is 4.47. The van der Waals surface area contributed by atoms with Crippen molar-refractivity contribution in [3.05, 3.63) is 29.8 Å². The molecule has 0 saturated carbocycles. The fraction of sp³-hybridized carbons (Fsp3) is 0.455. The van der Waals surface area contributed by atoms with Crippen molar-refractivity contribution in [1.82, 2.24) is 0 Å². The summed E-state index contributed by atoms with van der Waals surface area (Å²) in [7, 11) is 0. The van der Waals surface area contributed by atoms with Gasteiger partial charge < -0.3 is 5.11 Å². The first kappa shape index (κ1) is 9.10. The standard InChI is InChI=1S/C11H14OS/c12-7-3-4-9-8-13-11-6-2-1-5-10(9)11/h1-2,5-6,9,12H,3-4,7-8H2. The Morgan fingerprint density at radius 2 is 2.23 bits per heavy atom. The molecule has 1 aliphatic rings. The van der Waals surface area contributed by atoms with E-state index in [0.717, 1.165) is 12.8 Å². The molecule has 0 saturated heterocycles. The Morgan fingerprint density at radius 1 is 1.38 bits per heavy atom. The Hall–Kier alpha value is -0.470. The molecule has 70 valence electrons. The molecule has 0 bridgehead atoms. The molecule has 1 aliphatic heterocycles. The van der Waals surface area contributed by atoms with E-state index in [1.165, 1.54) is 16.2 Å². The normalized spacial score (nSPS) is 20.2. The van der Waals surface area contributed by atoms with Gasteiger partial charge in [-0.25, -0.2) is 0 Å². The van der Waals surface area contributed by atoms with Crippen LogP contribution in [0.2, 0.25) is 0 Å². The second kappa shape index (κ2) is 4.16. The molecule has 1 aromatic carbocycles. The van der Waals surface area contributed by atoms with Gasteiger partial charge in [-0.15, -0.1) is 11.8 Å². The number of rotatable bonds is 3. The Morgan fingerprint density at radius 3 is 3.08 bits per heavy atom. The van der Waals surface area contributed by atoms with Gasteiger partial charge in [-0.2, -0.15) is 0 Å². The van der Waals surface area contributed by atoms with Crippen LogP contribution in [0.4, 0.5) is 0 Å². The third kappa shape index (κ3) is 1.89. The first-order valence-electron chi connectivity index (χ1n) is 4.74. The molecule has 1 aromatic rings. The highest BCUT2D eigenvalue weighted by Gasteiger charge is 2.21. The summed E-state index contributed by atoms with van der Waals surface area (Å²) in [6.07, 6.45) is 2.06. The lowest BCUT2D eigenvalue weighted by Gasteiger charge is -2.08. The third-order valence-electron chi connectivity index (χ3n) is 2.51. The minimum atomic E-state index is 0.323. The number of fused-ring (bicyclic) bond motifs is 1. The van der Waals surface area contributed by atoms with Crippen LogP contribution in [0.1, 0.15) is 24.3 Å². The van der Waals surface area contributed by atoms with Gasteiger partial charge >= 0.3 is 0 Å². The lowest BCUT2D eigenvalue weighted by atomic mass is 9.97. The minimum Gasteiger partial charge on any atom is -0.396 e. The fourth-order valence-electron chi connectivity index (χ4n) is 1.81. The molecule has 1 unspecified atom stereocenters. The monoisotopic (exact) mass is 194 g/mol. The molecule has 2 rings (SSSR count). The summed E-state index contributed by atoms with van der Waals surface area (Å²) in [5, 5.41) is 8.77. The van der Waals surface area contributed by atoms with Crippen LogP contribution in [-0.2, 0) is 0 Å². The van der Waals surface area contributed by atoms with Crippen LogP contribution in [0.15, 0.2) is 29.2 Å². The Kier molecular flexibility index (Phi) is 2.91. The molecule has 0 fully saturated rings. The molecule has 0 amide bonds. The van der Waals surface area contributed by atoms with E-state index in [1.54, 1.807) is 0 Å². The van der Waals surface area contributed by atoms with Crippen molar-refractivity contribution >= 4 is 11.8 Å². The maximum atomic E-state index is 8.77. The topological polar surface area (TPSA) is 20.2 Å². The summed E-state index contributed by atoms with van der Waals surface area (Å²) in [4.78, 5) is 1.44. The molecule has 2 heteroatoms. The van der Waals surface area contributed by atoms with Crippen molar-refractivity contribution in [1.29, 1.82) is 0 Å². The van der Waals surface area contributed by atoms with E-state index >= 15 is 0 Å². The molecule has 0 spiro atoms. The van der Waals surface area contributed by atoms with Gasteiger partial charge in [0.2, 0.25) is 0 Å². The highest BCUT2D eigenvalue weighted by molar-refractivity contribution is 7.99. The lowest BCUT2D eigenvalue weighted by molar-refractivity contribution is 0.281. The number of hydrogen-bond acceptors (Lipinski definition) is 2. The first-order chi connectivity index (χ1) is 6.42. The Labute approximate surface area is 83.2 Å². The Balaban J connectivity index is 2.09. The predicted octanol–water partition coefficient (Wildman–Crippen LogP) is 2.65. The van der Waals surface area contributed by atoms with Crippen LogP contribution in [0, 0.1) is 0 Å². The Bertz CT molecular complexity index is 285. The van der Waals surface area contributed by atoms with E-state index in [1.807, 2.05) is 11.8 Å². The molecule has 0 radical (unpaired) electrons. The zero-order valence-electron chi connectivity index (χ0n) is 7.57. The van der Waals surface area contributed by atoms with Gasteiger partial charge in [0, 0.05) is 17.3 Å². The van der Waals surface area contributed by atoms with E-state index in [4.69, 9.17) is 5.11 Å². The highest BCUT2D eigenvalue weighted by Crippen LogP contribution is 2.41. The number of aliphatic hydroxyl groups is 1. The highest BCUT2D eigenvalue weighted by atomic mass is 32.2. The van der Waals surface area contributed by atoms with E-state index in [-0.39, 0.29) is 0 Å². The molecular weight excluding hydrogens is 180 g/mol. The van der Waals surface area contributed by atoms with Crippen LogP contribution in [-0.4, -0.2) is 17.5 Å².